The Labute approximate surface area is 136 Å². The van der Waals surface area contributed by atoms with Gasteiger partial charge in [0, 0.05) is 31.3 Å². The Hall–Kier alpha value is -2.15. The number of H-pyrrole nitrogens is 1. The summed E-state index contributed by atoms with van der Waals surface area (Å²) >= 11 is 0. The van der Waals surface area contributed by atoms with Crippen LogP contribution in [0.25, 0.3) is 0 Å². The zero-order valence-electron chi connectivity index (χ0n) is 14.0. The van der Waals surface area contributed by atoms with Gasteiger partial charge in [-0.15, -0.1) is 0 Å². The van der Waals surface area contributed by atoms with Gasteiger partial charge < -0.3 is 5.32 Å². The lowest BCUT2D eigenvalue weighted by Gasteiger charge is -2.31. The summed E-state index contributed by atoms with van der Waals surface area (Å²) < 4.78 is 1.69. The molecule has 0 aromatic carbocycles. The summed E-state index contributed by atoms with van der Waals surface area (Å²) in [6.45, 7) is 6.17. The number of aromatic amines is 1. The van der Waals surface area contributed by atoms with Crippen molar-refractivity contribution in [2.24, 2.45) is 7.05 Å². The molecule has 0 radical (unpaired) electrons. The average Bonchev–Trinajstić information content (AvgIpc) is 3.05. The number of aryl methyl sites for hydroxylation is 3. The van der Waals surface area contributed by atoms with Gasteiger partial charge in [0.1, 0.15) is 5.82 Å². The number of likely N-dealkylation sites (tertiary alicyclic amines) is 1. The minimum Gasteiger partial charge on any atom is -0.310 e. The standard InChI is InChI=1S/C16H24N6O/c1-11-7-14(19-18-11)13-5-4-6-22(9-13)10-16(23)17-15-8-12(2)20-21(15)3/h7-8,13H,4-6,9-10H2,1-3H3,(H,17,23)(H,18,19). The molecule has 0 bridgehead atoms. The molecular weight excluding hydrogens is 292 g/mol. The van der Waals surface area contributed by atoms with E-state index in [-0.39, 0.29) is 5.91 Å². The quantitative estimate of drug-likeness (QED) is 0.897. The Bertz CT molecular complexity index is 689. The summed E-state index contributed by atoms with van der Waals surface area (Å²) in [5.41, 5.74) is 3.09. The van der Waals surface area contributed by atoms with Crippen LogP contribution in [0.1, 0.15) is 35.8 Å². The summed E-state index contributed by atoms with van der Waals surface area (Å²) in [7, 11) is 1.83. The van der Waals surface area contributed by atoms with Crippen molar-refractivity contribution in [3.8, 4) is 0 Å². The van der Waals surface area contributed by atoms with E-state index in [4.69, 9.17) is 0 Å². The molecule has 7 heteroatoms. The smallest absolute Gasteiger partial charge is 0.239 e. The molecule has 2 aromatic heterocycles. The monoisotopic (exact) mass is 316 g/mol. The number of carbonyl (C=O) groups is 1. The summed E-state index contributed by atoms with van der Waals surface area (Å²) in [4.78, 5) is 14.5. The lowest BCUT2D eigenvalue weighted by atomic mass is 9.94. The molecule has 2 aromatic rings. The van der Waals surface area contributed by atoms with E-state index in [1.165, 1.54) is 0 Å². The maximum absolute atomic E-state index is 12.3. The molecule has 0 spiro atoms. The molecule has 1 atom stereocenters. The molecule has 3 heterocycles. The van der Waals surface area contributed by atoms with Crippen LogP contribution in [-0.2, 0) is 11.8 Å². The first kappa shape index (κ1) is 15.7. The highest BCUT2D eigenvalue weighted by molar-refractivity contribution is 5.91. The average molecular weight is 316 g/mol. The van der Waals surface area contributed by atoms with E-state index in [0.717, 1.165) is 48.8 Å². The van der Waals surface area contributed by atoms with Crippen LogP contribution in [0.2, 0.25) is 0 Å². The van der Waals surface area contributed by atoms with Crippen LogP contribution >= 0.6 is 0 Å². The summed E-state index contributed by atoms with van der Waals surface area (Å²) in [5.74, 6) is 1.15. The number of nitrogens with one attached hydrogen (secondary N) is 2. The Balaban J connectivity index is 1.57. The van der Waals surface area contributed by atoms with Crippen molar-refractivity contribution in [1.29, 1.82) is 0 Å². The highest BCUT2D eigenvalue weighted by Crippen LogP contribution is 2.25. The van der Waals surface area contributed by atoms with Crippen molar-refractivity contribution in [3.05, 3.63) is 29.2 Å². The summed E-state index contributed by atoms with van der Waals surface area (Å²) in [5, 5.41) is 14.6. The molecule has 1 amide bonds. The number of anilines is 1. The van der Waals surface area contributed by atoms with E-state index in [9.17, 15) is 4.79 Å². The fourth-order valence-electron chi connectivity index (χ4n) is 3.20. The van der Waals surface area contributed by atoms with Crippen molar-refractivity contribution < 1.29 is 4.79 Å². The lowest BCUT2D eigenvalue weighted by Crippen LogP contribution is -2.40. The normalized spacial score (nSPS) is 19.0. The van der Waals surface area contributed by atoms with Gasteiger partial charge in [-0.05, 0) is 39.3 Å². The second kappa shape index (κ2) is 6.54. The third-order valence-electron chi connectivity index (χ3n) is 4.29. The predicted octanol–water partition coefficient (Wildman–Crippen LogP) is 1.58. The number of carbonyl (C=O) groups excluding carboxylic acids is 1. The minimum atomic E-state index is 0.00635. The Morgan fingerprint density at radius 2 is 2.26 bits per heavy atom. The second-order valence-electron chi connectivity index (χ2n) is 6.39. The Kier molecular flexibility index (Phi) is 4.47. The number of aromatic nitrogens is 4. The van der Waals surface area contributed by atoms with E-state index in [0.29, 0.717) is 12.5 Å². The van der Waals surface area contributed by atoms with Crippen molar-refractivity contribution in [1.82, 2.24) is 24.9 Å². The maximum atomic E-state index is 12.3. The molecule has 2 N–H and O–H groups in total. The zero-order chi connectivity index (χ0) is 16.4. The molecule has 1 aliphatic heterocycles. The number of hydrogen-bond donors (Lipinski definition) is 2. The molecule has 124 valence electrons. The van der Waals surface area contributed by atoms with Crippen molar-refractivity contribution in [2.75, 3.05) is 25.0 Å². The summed E-state index contributed by atoms with van der Waals surface area (Å²) in [6.07, 6.45) is 2.22. The van der Waals surface area contributed by atoms with E-state index in [1.54, 1.807) is 4.68 Å². The topological polar surface area (TPSA) is 78.8 Å². The van der Waals surface area contributed by atoms with Gasteiger partial charge >= 0.3 is 0 Å². The molecule has 23 heavy (non-hydrogen) atoms. The Morgan fingerprint density at radius 1 is 1.43 bits per heavy atom. The van der Waals surface area contributed by atoms with Crippen LogP contribution in [0.15, 0.2) is 12.1 Å². The van der Waals surface area contributed by atoms with Gasteiger partial charge in [-0.2, -0.15) is 10.2 Å². The minimum absolute atomic E-state index is 0.00635. The van der Waals surface area contributed by atoms with Crippen LogP contribution in [0.4, 0.5) is 5.82 Å². The van der Waals surface area contributed by atoms with Gasteiger partial charge in [0.05, 0.1) is 17.9 Å². The highest BCUT2D eigenvalue weighted by atomic mass is 16.2. The second-order valence-corrected chi connectivity index (χ2v) is 6.39. The number of piperidine rings is 1. The molecule has 1 unspecified atom stereocenters. The fourth-order valence-corrected chi connectivity index (χ4v) is 3.20. The van der Waals surface area contributed by atoms with Crippen molar-refractivity contribution in [3.63, 3.8) is 0 Å². The number of hydrogen-bond acceptors (Lipinski definition) is 4. The highest BCUT2D eigenvalue weighted by Gasteiger charge is 2.24. The number of amides is 1. The molecule has 0 saturated carbocycles. The van der Waals surface area contributed by atoms with Crippen LogP contribution in [0.3, 0.4) is 0 Å². The van der Waals surface area contributed by atoms with Gasteiger partial charge in [0.15, 0.2) is 0 Å². The lowest BCUT2D eigenvalue weighted by molar-refractivity contribution is -0.117. The Morgan fingerprint density at radius 3 is 2.91 bits per heavy atom. The van der Waals surface area contributed by atoms with E-state index < -0.39 is 0 Å². The maximum Gasteiger partial charge on any atom is 0.239 e. The molecule has 1 aliphatic rings. The zero-order valence-corrected chi connectivity index (χ0v) is 14.0. The van der Waals surface area contributed by atoms with E-state index in [2.05, 4.69) is 31.6 Å². The molecule has 1 fully saturated rings. The van der Waals surface area contributed by atoms with Crippen LogP contribution in [-0.4, -0.2) is 50.4 Å². The third kappa shape index (κ3) is 3.79. The van der Waals surface area contributed by atoms with Crippen LogP contribution < -0.4 is 5.32 Å². The largest absolute Gasteiger partial charge is 0.310 e. The van der Waals surface area contributed by atoms with Gasteiger partial charge in [-0.3, -0.25) is 19.5 Å². The van der Waals surface area contributed by atoms with Crippen LogP contribution in [0.5, 0.6) is 0 Å². The van der Waals surface area contributed by atoms with Gasteiger partial charge in [0.2, 0.25) is 5.91 Å². The molecular formula is C16H24N6O. The third-order valence-corrected chi connectivity index (χ3v) is 4.29. The van der Waals surface area contributed by atoms with E-state index >= 15 is 0 Å². The number of nitrogens with zero attached hydrogens (tertiary/aromatic N) is 4. The molecule has 7 nitrogen and oxygen atoms in total. The molecule has 3 rings (SSSR count). The van der Waals surface area contributed by atoms with Gasteiger partial charge in [-0.1, -0.05) is 0 Å². The first-order valence-corrected chi connectivity index (χ1v) is 8.06. The van der Waals surface area contributed by atoms with Crippen molar-refractivity contribution >= 4 is 11.7 Å². The molecule has 0 aliphatic carbocycles. The summed E-state index contributed by atoms with van der Waals surface area (Å²) in [6, 6.07) is 3.98. The van der Waals surface area contributed by atoms with Gasteiger partial charge in [-0.25, -0.2) is 0 Å². The van der Waals surface area contributed by atoms with Gasteiger partial charge in [0.25, 0.3) is 0 Å². The number of rotatable bonds is 4. The van der Waals surface area contributed by atoms with Crippen LogP contribution in [0, 0.1) is 13.8 Å². The first-order chi connectivity index (χ1) is 11.0. The molecule has 1 saturated heterocycles. The first-order valence-electron chi connectivity index (χ1n) is 8.06. The van der Waals surface area contributed by atoms with Crippen molar-refractivity contribution in [2.45, 2.75) is 32.6 Å². The van der Waals surface area contributed by atoms with E-state index in [1.807, 2.05) is 27.0 Å². The predicted molar refractivity (Wildman–Crippen MR) is 88.3 cm³/mol. The SMILES string of the molecule is Cc1cc(NC(=O)CN2CCCC(c3cc(C)[nH]n3)C2)n(C)n1. The fraction of sp³-hybridized carbons (Fsp3) is 0.562.